The fourth-order valence-corrected chi connectivity index (χ4v) is 1.34. The number of ketones is 1. The van der Waals surface area contributed by atoms with Crippen molar-refractivity contribution in [2.75, 3.05) is 11.9 Å². The Morgan fingerprint density at radius 2 is 1.72 bits per heavy atom. The van der Waals surface area contributed by atoms with Gasteiger partial charge in [-0.2, -0.15) is 0 Å². The van der Waals surface area contributed by atoms with Crippen molar-refractivity contribution >= 4 is 29.8 Å². The fourth-order valence-electron chi connectivity index (χ4n) is 1.34. The van der Waals surface area contributed by atoms with Crippen molar-refractivity contribution in [3.05, 3.63) is 29.8 Å². The van der Waals surface area contributed by atoms with Crippen LogP contribution in [0, 0.1) is 0 Å². The Labute approximate surface area is 114 Å². The molecule has 0 spiro atoms. The largest absolute Gasteiger partial charge is 0.326 e. The molecule has 4 nitrogen and oxygen atoms in total. The minimum Gasteiger partial charge on any atom is -0.326 e. The van der Waals surface area contributed by atoms with E-state index in [4.69, 9.17) is 0 Å². The van der Waals surface area contributed by atoms with Gasteiger partial charge in [0.2, 0.25) is 5.91 Å². The summed E-state index contributed by atoms with van der Waals surface area (Å²) >= 11 is 0. The molecule has 0 saturated carbocycles. The summed E-state index contributed by atoms with van der Waals surface area (Å²) in [6.07, 6.45) is 0. The number of Topliss-reactive ketones (excluding diaryl/α,β-unsaturated/α-hetero) is 1. The quantitative estimate of drug-likeness (QED) is 0.807. The molecule has 0 fully saturated rings. The van der Waals surface area contributed by atoms with Crippen molar-refractivity contribution in [3.8, 4) is 0 Å². The molecular weight excluding hydrogens is 252 g/mol. The van der Waals surface area contributed by atoms with Crippen molar-refractivity contribution in [3.63, 3.8) is 0 Å². The Morgan fingerprint density at radius 3 is 2.17 bits per heavy atom. The van der Waals surface area contributed by atoms with E-state index in [0.29, 0.717) is 17.8 Å². The van der Waals surface area contributed by atoms with Crippen molar-refractivity contribution < 1.29 is 9.59 Å². The lowest BCUT2D eigenvalue weighted by atomic mass is 10.1. The van der Waals surface area contributed by atoms with Crippen molar-refractivity contribution in [2.45, 2.75) is 26.8 Å². The third-order valence-corrected chi connectivity index (χ3v) is 2.20. The van der Waals surface area contributed by atoms with Crippen LogP contribution in [0.3, 0.4) is 0 Å². The zero-order chi connectivity index (χ0) is 12.8. The smallest absolute Gasteiger partial charge is 0.221 e. The highest BCUT2D eigenvalue weighted by Crippen LogP contribution is 2.09. The molecule has 1 amide bonds. The van der Waals surface area contributed by atoms with Gasteiger partial charge in [0.15, 0.2) is 5.78 Å². The van der Waals surface area contributed by atoms with Gasteiger partial charge in [0.05, 0.1) is 6.54 Å². The normalized spacial score (nSPS) is 9.78. The maximum atomic E-state index is 11.7. The van der Waals surface area contributed by atoms with E-state index in [-0.39, 0.29) is 30.1 Å². The Hall–Kier alpha value is -1.39. The van der Waals surface area contributed by atoms with Crippen LogP contribution in [-0.2, 0) is 4.79 Å². The summed E-state index contributed by atoms with van der Waals surface area (Å²) < 4.78 is 0. The van der Waals surface area contributed by atoms with E-state index in [1.54, 1.807) is 24.3 Å². The molecule has 0 radical (unpaired) electrons. The maximum absolute atomic E-state index is 11.7. The van der Waals surface area contributed by atoms with E-state index in [1.165, 1.54) is 6.92 Å². The molecule has 18 heavy (non-hydrogen) atoms. The van der Waals surface area contributed by atoms with Gasteiger partial charge >= 0.3 is 0 Å². The van der Waals surface area contributed by atoms with Gasteiger partial charge in [0.25, 0.3) is 0 Å². The van der Waals surface area contributed by atoms with Crippen molar-refractivity contribution in [1.82, 2.24) is 5.32 Å². The van der Waals surface area contributed by atoms with Crippen LogP contribution >= 0.6 is 12.4 Å². The van der Waals surface area contributed by atoms with Crippen LogP contribution in [-0.4, -0.2) is 24.3 Å². The summed E-state index contributed by atoms with van der Waals surface area (Å²) in [5.41, 5.74) is 1.35. The van der Waals surface area contributed by atoms with Crippen LogP contribution in [0.1, 0.15) is 31.1 Å². The number of benzene rings is 1. The van der Waals surface area contributed by atoms with Crippen LogP contribution in [0.5, 0.6) is 0 Å². The maximum Gasteiger partial charge on any atom is 0.221 e. The molecule has 0 heterocycles. The second kappa shape index (κ2) is 7.84. The highest BCUT2D eigenvalue weighted by molar-refractivity contribution is 5.98. The first kappa shape index (κ1) is 16.6. The molecule has 5 heteroatoms. The lowest BCUT2D eigenvalue weighted by molar-refractivity contribution is -0.114. The third-order valence-electron chi connectivity index (χ3n) is 2.20. The molecule has 1 aromatic carbocycles. The standard InChI is InChI=1S/C13H18N2O2.ClH/c1-9(2)14-8-13(17)11-4-6-12(7-5-11)15-10(3)16;/h4-7,9,14H,8H2,1-3H3,(H,15,16);1H. The molecule has 2 N–H and O–H groups in total. The topological polar surface area (TPSA) is 58.2 Å². The van der Waals surface area contributed by atoms with E-state index >= 15 is 0 Å². The van der Waals surface area contributed by atoms with Crippen molar-refractivity contribution in [1.29, 1.82) is 0 Å². The summed E-state index contributed by atoms with van der Waals surface area (Å²) in [4.78, 5) is 22.6. The van der Waals surface area contributed by atoms with Crippen LogP contribution in [0.4, 0.5) is 5.69 Å². The van der Waals surface area contributed by atoms with E-state index in [1.807, 2.05) is 13.8 Å². The molecule has 0 aromatic heterocycles. The van der Waals surface area contributed by atoms with Gasteiger partial charge in [-0.05, 0) is 24.3 Å². The Kier molecular flexibility index (Phi) is 7.24. The zero-order valence-corrected chi connectivity index (χ0v) is 11.6. The zero-order valence-electron chi connectivity index (χ0n) is 10.8. The number of anilines is 1. The fraction of sp³-hybridized carbons (Fsp3) is 0.385. The van der Waals surface area contributed by atoms with E-state index < -0.39 is 0 Å². The Morgan fingerprint density at radius 1 is 1.17 bits per heavy atom. The minimum absolute atomic E-state index is 0. The van der Waals surface area contributed by atoms with Crippen LogP contribution in [0.15, 0.2) is 24.3 Å². The number of hydrogen-bond acceptors (Lipinski definition) is 3. The molecule has 1 aromatic rings. The van der Waals surface area contributed by atoms with Crippen LogP contribution in [0.25, 0.3) is 0 Å². The minimum atomic E-state index is -0.120. The summed E-state index contributed by atoms with van der Waals surface area (Å²) in [6, 6.07) is 7.18. The first-order chi connectivity index (χ1) is 7.99. The van der Waals surface area contributed by atoms with Crippen LogP contribution in [0.2, 0.25) is 0 Å². The number of halogens is 1. The second-order valence-corrected chi connectivity index (χ2v) is 4.22. The average molecular weight is 271 g/mol. The SMILES string of the molecule is CC(=O)Nc1ccc(C(=O)CNC(C)C)cc1.Cl. The summed E-state index contributed by atoms with van der Waals surface area (Å²) in [6.45, 7) is 5.77. The summed E-state index contributed by atoms with van der Waals surface area (Å²) in [5, 5.41) is 5.73. The molecule has 0 aliphatic rings. The molecule has 0 unspecified atom stereocenters. The van der Waals surface area contributed by atoms with Crippen LogP contribution < -0.4 is 10.6 Å². The third kappa shape index (κ3) is 5.80. The van der Waals surface area contributed by atoms with E-state index in [2.05, 4.69) is 10.6 Å². The monoisotopic (exact) mass is 270 g/mol. The predicted molar refractivity (Wildman–Crippen MR) is 75.5 cm³/mol. The van der Waals surface area contributed by atoms with Gasteiger partial charge in [0.1, 0.15) is 0 Å². The number of carbonyl (C=O) groups excluding carboxylic acids is 2. The first-order valence-corrected chi connectivity index (χ1v) is 5.63. The Bertz CT molecular complexity index is 402. The lowest BCUT2D eigenvalue weighted by Crippen LogP contribution is -2.29. The Balaban J connectivity index is 0.00000289. The highest BCUT2D eigenvalue weighted by atomic mass is 35.5. The highest BCUT2D eigenvalue weighted by Gasteiger charge is 2.06. The van der Waals surface area contributed by atoms with Gasteiger partial charge in [-0.15, -0.1) is 12.4 Å². The number of nitrogens with one attached hydrogen (secondary N) is 2. The second-order valence-electron chi connectivity index (χ2n) is 4.22. The molecular formula is C13H19ClN2O2. The van der Waals surface area contributed by atoms with Crippen molar-refractivity contribution in [2.24, 2.45) is 0 Å². The number of hydrogen-bond donors (Lipinski definition) is 2. The lowest BCUT2D eigenvalue weighted by Gasteiger charge is -2.07. The van der Waals surface area contributed by atoms with E-state index in [9.17, 15) is 9.59 Å². The predicted octanol–water partition coefficient (Wildman–Crippen LogP) is 2.25. The summed E-state index contributed by atoms with van der Waals surface area (Å²) in [7, 11) is 0. The van der Waals surface area contributed by atoms with Gasteiger partial charge in [0, 0.05) is 24.2 Å². The molecule has 0 aliphatic carbocycles. The van der Waals surface area contributed by atoms with Gasteiger partial charge in [-0.3, -0.25) is 9.59 Å². The number of amides is 1. The summed E-state index contributed by atoms with van der Waals surface area (Å²) in [5.74, 6) is -0.0707. The molecule has 0 atom stereocenters. The molecule has 0 aliphatic heterocycles. The average Bonchev–Trinajstić information content (AvgIpc) is 2.26. The molecule has 0 bridgehead atoms. The van der Waals surface area contributed by atoms with E-state index in [0.717, 1.165) is 0 Å². The first-order valence-electron chi connectivity index (χ1n) is 5.63. The van der Waals surface area contributed by atoms with Gasteiger partial charge < -0.3 is 10.6 Å². The molecule has 1 rings (SSSR count). The molecule has 0 saturated heterocycles. The number of carbonyl (C=O) groups is 2. The number of rotatable bonds is 5. The molecule has 100 valence electrons. The van der Waals surface area contributed by atoms with Gasteiger partial charge in [-0.1, -0.05) is 13.8 Å². The van der Waals surface area contributed by atoms with Gasteiger partial charge in [-0.25, -0.2) is 0 Å².